The molecule has 1 atom stereocenters. The summed E-state index contributed by atoms with van der Waals surface area (Å²) in [6.45, 7) is 3.67. The van der Waals surface area contributed by atoms with Gasteiger partial charge in [0.1, 0.15) is 5.54 Å². The van der Waals surface area contributed by atoms with Crippen LogP contribution in [0, 0.1) is 11.3 Å². The lowest BCUT2D eigenvalue weighted by Crippen LogP contribution is -2.51. The standard InChI is InChI=1S/C15H25N3O/c1-2-13-7-3-6-10-18(13)11-14(19)17-15(12-16)8-4-5-9-15/h13H,2-11H2,1H3,(H,17,19). The molecule has 0 radical (unpaired) electrons. The van der Waals surface area contributed by atoms with Crippen LogP contribution in [0.25, 0.3) is 0 Å². The van der Waals surface area contributed by atoms with Crippen LogP contribution in [0.2, 0.25) is 0 Å². The maximum atomic E-state index is 12.2. The zero-order valence-electron chi connectivity index (χ0n) is 12.0. The SMILES string of the molecule is CCC1CCCCN1CC(=O)NC1(C#N)CCCC1. The van der Waals surface area contributed by atoms with Gasteiger partial charge in [-0.05, 0) is 51.5 Å². The Kier molecular flexibility index (Phi) is 4.81. The van der Waals surface area contributed by atoms with Crippen LogP contribution >= 0.6 is 0 Å². The van der Waals surface area contributed by atoms with E-state index in [4.69, 9.17) is 0 Å². The molecule has 0 bridgehead atoms. The molecule has 4 nitrogen and oxygen atoms in total. The smallest absolute Gasteiger partial charge is 0.235 e. The fourth-order valence-corrected chi connectivity index (χ4v) is 3.46. The van der Waals surface area contributed by atoms with Crippen LogP contribution in [0.15, 0.2) is 0 Å². The van der Waals surface area contributed by atoms with Crippen molar-refractivity contribution in [3.63, 3.8) is 0 Å². The monoisotopic (exact) mass is 263 g/mol. The lowest BCUT2D eigenvalue weighted by molar-refractivity contribution is -0.124. The van der Waals surface area contributed by atoms with E-state index in [-0.39, 0.29) is 5.91 Å². The molecule has 1 saturated carbocycles. The Morgan fingerprint density at radius 1 is 1.37 bits per heavy atom. The first-order chi connectivity index (χ1) is 9.19. The van der Waals surface area contributed by atoms with Gasteiger partial charge in [0.15, 0.2) is 0 Å². The lowest BCUT2D eigenvalue weighted by atomic mass is 9.98. The minimum atomic E-state index is -0.575. The summed E-state index contributed by atoms with van der Waals surface area (Å²) in [6, 6.07) is 2.86. The van der Waals surface area contributed by atoms with Gasteiger partial charge in [-0.3, -0.25) is 9.69 Å². The van der Waals surface area contributed by atoms with Gasteiger partial charge in [0.05, 0.1) is 12.6 Å². The van der Waals surface area contributed by atoms with Gasteiger partial charge in [-0.15, -0.1) is 0 Å². The number of carbonyl (C=O) groups is 1. The van der Waals surface area contributed by atoms with Crippen molar-refractivity contribution in [3.8, 4) is 6.07 Å². The molecule has 1 unspecified atom stereocenters. The fraction of sp³-hybridized carbons (Fsp3) is 0.867. The van der Waals surface area contributed by atoms with E-state index >= 15 is 0 Å². The van der Waals surface area contributed by atoms with Crippen molar-refractivity contribution >= 4 is 5.91 Å². The Labute approximate surface area is 116 Å². The predicted octanol–water partition coefficient (Wildman–Crippen LogP) is 2.20. The highest BCUT2D eigenvalue weighted by atomic mass is 16.2. The molecule has 1 aliphatic carbocycles. The summed E-state index contributed by atoms with van der Waals surface area (Å²) < 4.78 is 0. The molecule has 1 aliphatic heterocycles. The molecule has 19 heavy (non-hydrogen) atoms. The molecule has 1 saturated heterocycles. The van der Waals surface area contributed by atoms with Crippen molar-refractivity contribution in [2.24, 2.45) is 0 Å². The molecule has 2 fully saturated rings. The summed E-state index contributed by atoms with van der Waals surface area (Å²) in [7, 11) is 0. The summed E-state index contributed by atoms with van der Waals surface area (Å²) >= 11 is 0. The summed E-state index contributed by atoms with van der Waals surface area (Å²) in [5, 5.41) is 12.3. The Morgan fingerprint density at radius 2 is 2.11 bits per heavy atom. The molecule has 106 valence electrons. The van der Waals surface area contributed by atoms with Gasteiger partial charge >= 0.3 is 0 Å². The Bertz CT molecular complexity index is 355. The van der Waals surface area contributed by atoms with Crippen LogP contribution in [0.5, 0.6) is 0 Å². The van der Waals surface area contributed by atoms with E-state index in [1.54, 1.807) is 0 Å². The third-order valence-corrected chi connectivity index (χ3v) is 4.62. The number of nitrogens with one attached hydrogen (secondary N) is 1. The number of carbonyl (C=O) groups excluding carboxylic acids is 1. The lowest BCUT2D eigenvalue weighted by Gasteiger charge is -2.35. The summed E-state index contributed by atoms with van der Waals surface area (Å²) in [4.78, 5) is 14.5. The van der Waals surface area contributed by atoms with Crippen LogP contribution in [-0.2, 0) is 4.79 Å². The quantitative estimate of drug-likeness (QED) is 0.846. The molecule has 1 heterocycles. The molecular weight excluding hydrogens is 238 g/mol. The van der Waals surface area contributed by atoms with E-state index in [0.717, 1.165) is 38.6 Å². The highest BCUT2D eigenvalue weighted by Crippen LogP contribution is 2.29. The van der Waals surface area contributed by atoms with Crippen molar-refractivity contribution in [1.29, 1.82) is 5.26 Å². The zero-order chi connectivity index (χ0) is 13.7. The minimum Gasteiger partial charge on any atom is -0.337 e. The zero-order valence-corrected chi connectivity index (χ0v) is 12.0. The predicted molar refractivity (Wildman–Crippen MR) is 74.5 cm³/mol. The highest BCUT2D eigenvalue weighted by molar-refractivity contribution is 5.79. The van der Waals surface area contributed by atoms with Gasteiger partial charge in [-0.2, -0.15) is 5.26 Å². The van der Waals surface area contributed by atoms with E-state index < -0.39 is 5.54 Å². The molecule has 2 aliphatic rings. The number of nitriles is 1. The summed E-state index contributed by atoms with van der Waals surface area (Å²) in [6.07, 6.45) is 8.50. The van der Waals surface area contributed by atoms with E-state index in [1.807, 2.05) is 0 Å². The molecule has 1 N–H and O–H groups in total. The van der Waals surface area contributed by atoms with E-state index in [2.05, 4.69) is 23.2 Å². The maximum Gasteiger partial charge on any atom is 0.235 e. The second-order valence-electron chi connectivity index (χ2n) is 5.98. The second-order valence-corrected chi connectivity index (χ2v) is 5.98. The van der Waals surface area contributed by atoms with Crippen molar-refractivity contribution in [2.75, 3.05) is 13.1 Å². The van der Waals surface area contributed by atoms with Crippen LogP contribution in [0.1, 0.15) is 58.3 Å². The van der Waals surface area contributed by atoms with Gasteiger partial charge in [0, 0.05) is 6.04 Å². The Morgan fingerprint density at radius 3 is 2.74 bits per heavy atom. The van der Waals surface area contributed by atoms with Crippen LogP contribution in [0.4, 0.5) is 0 Å². The van der Waals surface area contributed by atoms with Crippen molar-refractivity contribution in [1.82, 2.24) is 10.2 Å². The average molecular weight is 263 g/mol. The van der Waals surface area contributed by atoms with Crippen molar-refractivity contribution < 1.29 is 4.79 Å². The number of likely N-dealkylation sites (tertiary alicyclic amines) is 1. The Balaban J connectivity index is 1.88. The maximum absolute atomic E-state index is 12.2. The molecule has 2 rings (SSSR count). The topological polar surface area (TPSA) is 56.1 Å². The molecule has 0 aromatic heterocycles. The first-order valence-corrected chi connectivity index (χ1v) is 7.65. The van der Waals surface area contributed by atoms with Crippen molar-refractivity contribution in [3.05, 3.63) is 0 Å². The van der Waals surface area contributed by atoms with Gasteiger partial charge in [-0.25, -0.2) is 0 Å². The number of hydrogen-bond donors (Lipinski definition) is 1. The second kappa shape index (κ2) is 6.38. The number of hydrogen-bond acceptors (Lipinski definition) is 3. The molecule has 4 heteroatoms. The van der Waals surface area contributed by atoms with Crippen LogP contribution < -0.4 is 5.32 Å². The van der Waals surface area contributed by atoms with Crippen LogP contribution in [-0.4, -0.2) is 35.5 Å². The van der Waals surface area contributed by atoms with Gasteiger partial charge in [0.25, 0.3) is 0 Å². The van der Waals surface area contributed by atoms with E-state index in [1.165, 1.54) is 19.3 Å². The normalized spacial score (nSPS) is 26.8. The number of amides is 1. The third-order valence-electron chi connectivity index (χ3n) is 4.62. The van der Waals surface area contributed by atoms with E-state index in [0.29, 0.717) is 12.6 Å². The molecule has 0 spiro atoms. The largest absolute Gasteiger partial charge is 0.337 e. The molecule has 0 aromatic rings. The first-order valence-electron chi connectivity index (χ1n) is 7.65. The molecule has 1 amide bonds. The third kappa shape index (κ3) is 3.48. The highest BCUT2D eigenvalue weighted by Gasteiger charge is 2.36. The van der Waals surface area contributed by atoms with Gasteiger partial charge in [0.2, 0.25) is 5.91 Å². The molecular formula is C15H25N3O. The summed E-state index contributed by atoms with van der Waals surface area (Å²) in [5.41, 5.74) is -0.575. The minimum absolute atomic E-state index is 0.0313. The van der Waals surface area contributed by atoms with Gasteiger partial charge < -0.3 is 5.32 Å². The Hall–Kier alpha value is -1.08. The number of nitrogens with zero attached hydrogens (tertiary/aromatic N) is 2. The number of piperidine rings is 1. The van der Waals surface area contributed by atoms with Crippen LogP contribution in [0.3, 0.4) is 0 Å². The molecule has 0 aromatic carbocycles. The first kappa shape index (κ1) is 14.3. The fourth-order valence-electron chi connectivity index (χ4n) is 3.46. The number of rotatable bonds is 4. The van der Waals surface area contributed by atoms with Gasteiger partial charge in [-0.1, -0.05) is 13.3 Å². The summed E-state index contributed by atoms with van der Waals surface area (Å²) in [5.74, 6) is 0.0313. The average Bonchev–Trinajstić information content (AvgIpc) is 2.88. The van der Waals surface area contributed by atoms with E-state index in [9.17, 15) is 10.1 Å². The van der Waals surface area contributed by atoms with Crippen molar-refractivity contribution in [2.45, 2.75) is 69.9 Å².